The van der Waals surface area contributed by atoms with Crippen molar-refractivity contribution >= 4 is 29.2 Å². The van der Waals surface area contributed by atoms with Gasteiger partial charge >= 0.3 is 5.97 Å². The van der Waals surface area contributed by atoms with E-state index in [2.05, 4.69) is 0 Å². The molecule has 1 aromatic rings. The Morgan fingerprint density at radius 2 is 1.68 bits per heavy atom. The SMILES string of the molecule is C[C@@H]1c2cccc(O)c2C(O)=C2C(=O)[C@@]3(O)C(O)=C(C(N)=O)C(=O)[C@H](N(C)C)[C@H]3[C@H](OC(=O)C3CCCCCC3)[C@H]21. The van der Waals surface area contributed by atoms with Crippen molar-refractivity contribution in [3.05, 3.63) is 46.2 Å². The number of likely N-dealkylation sites (N-methyl/N-ethyl adjacent to an activating group) is 1. The maximum atomic E-state index is 14.3. The molecule has 0 saturated heterocycles. The van der Waals surface area contributed by atoms with E-state index in [9.17, 15) is 39.6 Å². The molecule has 0 bridgehead atoms. The number of phenols is 1. The molecule has 220 valence electrons. The van der Waals surface area contributed by atoms with E-state index in [0.29, 0.717) is 18.4 Å². The molecule has 6 atom stereocenters. The largest absolute Gasteiger partial charge is 0.508 e. The molecule has 1 amide bonds. The predicted octanol–water partition coefficient (Wildman–Crippen LogP) is 2.02. The number of aliphatic hydroxyl groups excluding tert-OH is 2. The van der Waals surface area contributed by atoms with Gasteiger partial charge < -0.3 is 30.9 Å². The van der Waals surface area contributed by atoms with Crippen LogP contribution in [0.2, 0.25) is 0 Å². The second kappa shape index (κ2) is 10.3. The fourth-order valence-electron chi connectivity index (χ4n) is 7.43. The zero-order chi connectivity index (χ0) is 30.0. The topological polar surface area (TPSA) is 188 Å². The van der Waals surface area contributed by atoms with Crippen LogP contribution in [0, 0.1) is 17.8 Å². The Balaban J connectivity index is 1.78. The van der Waals surface area contributed by atoms with Crippen molar-refractivity contribution < 1.29 is 44.3 Å². The lowest BCUT2D eigenvalue weighted by molar-refractivity contribution is -0.188. The molecular formula is C30H36N2O9. The van der Waals surface area contributed by atoms with E-state index < -0.39 is 82.0 Å². The molecule has 11 heteroatoms. The first-order chi connectivity index (χ1) is 19.3. The van der Waals surface area contributed by atoms with Gasteiger partial charge in [-0.05, 0) is 44.5 Å². The first-order valence-electron chi connectivity index (χ1n) is 14.0. The number of phenolic OH excluding ortho intramolecular Hbond substituents is 1. The number of carbonyl (C=O) groups is 4. The number of benzene rings is 1. The summed E-state index contributed by atoms with van der Waals surface area (Å²) >= 11 is 0. The van der Waals surface area contributed by atoms with Gasteiger partial charge in [0, 0.05) is 11.5 Å². The highest BCUT2D eigenvalue weighted by Crippen LogP contribution is 2.57. The molecule has 2 fully saturated rings. The number of nitrogens with zero attached hydrogens (tertiary/aromatic N) is 1. The third-order valence-corrected chi connectivity index (χ3v) is 9.41. The zero-order valence-electron chi connectivity index (χ0n) is 23.3. The van der Waals surface area contributed by atoms with Gasteiger partial charge in [-0.3, -0.25) is 24.1 Å². The third kappa shape index (κ3) is 4.16. The Bertz CT molecular complexity index is 1390. The number of Topliss-reactive ketones (excluding diaryl/α,β-unsaturated/α-hetero) is 2. The summed E-state index contributed by atoms with van der Waals surface area (Å²) in [7, 11) is 3.00. The molecule has 41 heavy (non-hydrogen) atoms. The summed E-state index contributed by atoms with van der Waals surface area (Å²) in [4.78, 5) is 55.3. The minimum Gasteiger partial charge on any atom is -0.508 e. The van der Waals surface area contributed by atoms with Crippen molar-refractivity contribution in [1.82, 2.24) is 4.90 Å². The maximum Gasteiger partial charge on any atom is 0.309 e. The highest BCUT2D eigenvalue weighted by molar-refractivity contribution is 6.24. The van der Waals surface area contributed by atoms with Gasteiger partial charge in [0.2, 0.25) is 5.78 Å². The second-order valence-electron chi connectivity index (χ2n) is 11.9. The molecule has 11 nitrogen and oxygen atoms in total. The highest BCUT2D eigenvalue weighted by atomic mass is 16.5. The van der Waals surface area contributed by atoms with Crippen LogP contribution in [-0.4, -0.2) is 80.6 Å². The van der Waals surface area contributed by atoms with Gasteiger partial charge in [0.15, 0.2) is 11.4 Å². The summed E-state index contributed by atoms with van der Waals surface area (Å²) in [6.07, 6.45) is 3.43. The van der Waals surface area contributed by atoms with Gasteiger partial charge in [-0.2, -0.15) is 0 Å². The van der Waals surface area contributed by atoms with E-state index >= 15 is 0 Å². The van der Waals surface area contributed by atoms with Gasteiger partial charge in [0.05, 0.1) is 23.4 Å². The number of ether oxygens (including phenoxy) is 1. The molecule has 0 aliphatic heterocycles. The lowest BCUT2D eigenvalue weighted by Gasteiger charge is -2.54. The maximum absolute atomic E-state index is 14.3. The Hall–Kier alpha value is -3.70. The van der Waals surface area contributed by atoms with Crippen LogP contribution in [0.4, 0.5) is 0 Å². The fraction of sp³-hybridized carbons (Fsp3) is 0.533. The number of aromatic hydroxyl groups is 1. The fourth-order valence-corrected chi connectivity index (χ4v) is 7.43. The van der Waals surface area contributed by atoms with E-state index in [1.807, 2.05) is 0 Å². The summed E-state index contributed by atoms with van der Waals surface area (Å²) in [5.74, 6) is -9.84. The van der Waals surface area contributed by atoms with E-state index in [1.165, 1.54) is 25.1 Å². The molecule has 5 rings (SSSR count). The zero-order valence-corrected chi connectivity index (χ0v) is 23.3. The van der Waals surface area contributed by atoms with E-state index in [-0.39, 0.29) is 16.9 Å². The van der Waals surface area contributed by atoms with E-state index in [1.54, 1.807) is 19.1 Å². The second-order valence-corrected chi connectivity index (χ2v) is 11.9. The number of fused-ring (bicyclic) bond motifs is 3. The smallest absolute Gasteiger partial charge is 0.309 e. The number of esters is 1. The van der Waals surface area contributed by atoms with Crippen LogP contribution in [0.3, 0.4) is 0 Å². The molecule has 0 aromatic heterocycles. The van der Waals surface area contributed by atoms with Crippen molar-refractivity contribution in [3.63, 3.8) is 0 Å². The molecular weight excluding hydrogens is 532 g/mol. The third-order valence-electron chi connectivity index (χ3n) is 9.41. The van der Waals surface area contributed by atoms with Crippen molar-refractivity contribution in [2.45, 2.75) is 69.1 Å². The standard InChI is InChI=1S/C30H36N2O9/c1-13-15-11-8-12-16(33)18(15)23(34)19-17(13)25(41-29(39)14-9-6-4-5-7-10-14)21-22(32(2)3)24(35)20(28(31)38)27(37)30(21,40)26(19)36/h8,11-14,17,21-22,25,33-34,37,40H,4-7,9-10H2,1-3H3,(H2,31,38)/t13-,17+,21+,22-,25-,30-/m1/s1. The number of hydrogen-bond donors (Lipinski definition) is 5. The normalized spacial score (nSPS) is 32.3. The first-order valence-corrected chi connectivity index (χ1v) is 14.0. The van der Waals surface area contributed by atoms with Crippen LogP contribution < -0.4 is 5.73 Å². The molecule has 4 aliphatic rings. The highest BCUT2D eigenvalue weighted by Gasteiger charge is 2.69. The summed E-state index contributed by atoms with van der Waals surface area (Å²) in [6.45, 7) is 1.74. The van der Waals surface area contributed by atoms with E-state index in [0.717, 1.165) is 25.7 Å². The minimum absolute atomic E-state index is 0.0230. The monoisotopic (exact) mass is 568 g/mol. The Kier molecular flexibility index (Phi) is 7.23. The number of hydrogen-bond acceptors (Lipinski definition) is 10. The summed E-state index contributed by atoms with van der Waals surface area (Å²) in [6, 6.07) is 3.19. The average molecular weight is 569 g/mol. The predicted molar refractivity (Wildman–Crippen MR) is 145 cm³/mol. The van der Waals surface area contributed by atoms with Gasteiger partial charge in [0.25, 0.3) is 5.91 Å². The van der Waals surface area contributed by atoms with Crippen LogP contribution >= 0.6 is 0 Å². The number of aliphatic hydroxyl groups is 3. The number of nitrogens with two attached hydrogens (primary N) is 1. The van der Waals surface area contributed by atoms with Gasteiger partial charge in [-0.1, -0.05) is 44.7 Å². The van der Waals surface area contributed by atoms with Crippen LogP contribution in [-0.2, 0) is 23.9 Å². The molecule has 4 aliphatic carbocycles. The van der Waals surface area contributed by atoms with Gasteiger partial charge in [-0.15, -0.1) is 0 Å². The molecule has 2 saturated carbocycles. The Morgan fingerprint density at radius 3 is 2.27 bits per heavy atom. The first kappa shape index (κ1) is 28.8. The summed E-state index contributed by atoms with van der Waals surface area (Å²) < 4.78 is 6.19. The van der Waals surface area contributed by atoms with Crippen molar-refractivity contribution in [2.75, 3.05) is 14.1 Å². The quantitative estimate of drug-likeness (QED) is 0.204. The lowest BCUT2D eigenvalue weighted by atomic mass is 9.54. The molecule has 1 aromatic carbocycles. The molecule has 0 spiro atoms. The molecule has 0 heterocycles. The Labute approximate surface area is 237 Å². The van der Waals surface area contributed by atoms with Gasteiger partial charge in [-0.25, -0.2) is 0 Å². The van der Waals surface area contributed by atoms with Crippen molar-refractivity contribution in [1.29, 1.82) is 0 Å². The van der Waals surface area contributed by atoms with Crippen LogP contribution in [0.25, 0.3) is 5.76 Å². The van der Waals surface area contributed by atoms with Crippen LogP contribution in [0.15, 0.2) is 35.1 Å². The number of rotatable bonds is 4. The van der Waals surface area contributed by atoms with Crippen molar-refractivity contribution in [3.8, 4) is 5.75 Å². The molecule has 6 N–H and O–H groups in total. The minimum atomic E-state index is -2.94. The number of ketones is 2. The van der Waals surface area contributed by atoms with Gasteiger partial charge in [0.1, 0.15) is 28.9 Å². The summed E-state index contributed by atoms with van der Waals surface area (Å²) in [5, 5.41) is 45.4. The van der Waals surface area contributed by atoms with Crippen molar-refractivity contribution in [2.24, 2.45) is 23.5 Å². The van der Waals surface area contributed by atoms with E-state index in [4.69, 9.17) is 10.5 Å². The number of amides is 1. The average Bonchev–Trinajstić information content (AvgIpc) is 3.20. The lowest BCUT2D eigenvalue weighted by Crippen LogP contribution is -2.71. The van der Waals surface area contributed by atoms with Crippen LogP contribution in [0.1, 0.15) is 62.5 Å². The Morgan fingerprint density at radius 1 is 1.05 bits per heavy atom. The van der Waals surface area contributed by atoms with Crippen LogP contribution in [0.5, 0.6) is 5.75 Å². The number of primary amides is 1. The molecule has 0 radical (unpaired) electrons. The number of carbonyl (C=O) groups excluding carboxylic acids is 4. The molecule has 0 unspecified atom stereocenters. The summed E-state index contributed by atoms with van der Waals surface area (Å²) in [5.41, 5.74) is 1.64.